The van der Waals surface area contributed by atoms with E-state index in [0.29, 0.717) is 0 Å². The van der Waals surface area contributed by atoms with E-state index in [1.54, 1.807) is 0 Å². The Bertz CT molecular complexity index is 388. The molecule has 2 N–H and O–H groups in total. The van der Waals surface area contributed by atoms with Gasteiger partial charge in [0.2, 0.25) is 0 Å². The van der Waals surface area contributed by atoms with Crippen molar-refractivity contribution in [2.45, 2.75) is 25.7 Å². The van der Waals surface area contributed by atoms with E-state index in [4.69, 9.17) is 19.7 Å². The van der Waals surface area contributed by atoms with Crippen LogP contribution in [0.5, 0.6) is 0 Å². The summed E-state index contributed by atoms with van der Waals surface area (Å²) in [5.74, 6) is -2.13. The molecule has 3 rings (SSSR count). The molecule has 122 valence electrons. The van der Waals surface area contributed by atoms with Gasteiger partial charge >= 0.3 is 11.9 Å². The van der Waals surface area contributed by atoms with Gasteiger partial charge in [0.1, 0.15) is 0 Å². The highest BCUT2D eigenvalue weighted by atomic mass is 16.5. The van der Waals surface area contributed by atoms with Gasteiger partial charge in [0, 0.05) is 26.4 Å². The second-order valence-corrected chi connectivity index (χ2v) is 4.83. The van der Waals surface area contributed by atoms with Crippen LogP contribution in [0.2, 0.25) is 0 Å². The quantitative estimate of drug-likeness (QED) is 0.872. The SMILES string of the molecule is C1CCOC1.C1CCOC1.O=C(O)c1ccc(C(=O)O)cc1. The first-order valence-corrected chi connectivity index (χ1v) is 7.33. The number of carboxylic acids is 2. The molecule has 0 aliphatic carbocycles. The molecule has 0 unspecified atom stereocenters. The largest absolute Gasteiger partial charge is 0.478 e. The topological polar surface area (TPSA) is 93.1 Å². The van der Waals surface area contributed by atoms with E-state index in [-0.39, 0.29) is 11.1 Å². The zero-order valence-corrected chi connectivity index (χ0v) is 12.5. The zero-order valence-electron chi connectivity index (χ0n) is 12.5. The predicted molar refractivity (Wildman–Crippen MR) is 80.5 cm³/mol. The highest BCUT2D eigenvalue weighted by molar-refractivity contribution is 5.91. The van der Waals surface area contributed by atoms with E-state index < -0.39 is 11.9 Å². The molecule has 0 bridgehead atoms. The maximum absolute atomic E-state index is 10.3. The Labute approximate surface area is 129 Å². The van der Waals surface area contributed by atoms with Crippen LogP contribution in [-0.4, -0.2) is 48.6 Å². The van der Waals surface area contributed by atoms with E-state index in [1.165, 1.54) is 49.9 Å². The molecule has 0 atom stereocenters. The Hall–Kier alpha value is -1.92. The fourth-order valence-corrected chi connectivity index (χ4v) is 1.78. The van der Waals surface area contributed by atoms with Crippen molar-refractivity contribution in [2.24, 2.45) is 0 Å². The van der Waals surface area contributed by atoms with Gasteiger partial charge in [-0.3, -0.25) is 0 Å². The van der Waals surface area contributed by atoms with Crippen LogP contribution >= 0.6 is 0 Å². The number of aromatic carboxylic acids is 2. The molecule has 1 aromatic rings. The molecule has 2 aliphatic heterocycles. The molecule has 2 saturated heterocycles. The van der Waals surface area contributed by atoms with Gasteiger partial charge in [-0.2, -0.15) is 0 Å². The third-order valence-corrected chi connectivity index (χ3v) is 3.03. The van der Waals surface area contributed by atoms with Crippen molar-refractivity contribution in [1.29, 1.82) is 0 Å². The zero-order chi connectivity index (χ0) is 16.2. The van der Waals surface area contributed by atoms with Gasteiger partial charge in [0.05, 0.1) is 11.1 Å². The molecular weight excluding hydrogens is 288 g/mol. The minimum Gasteiger partial charge on any atom is -0.478 e. The van der Waals surface area contributed by atoms with Crippen molar-refractivity contribution in [1.82, 2.24) is 0 Å². The van der Waals surface area contributed by atoms with Crippen LogP contribution in [0.3, 0.4) is 0 Å². The molecular formula is C16H22O6. The molecule has 2 heterocycles. The summed E-state index contributed by atoms with van der Waals surface area (Å²) in [6, 6.07) is 5.02. The van der Waals surface area contributed by atoms with Crippen molar-refractivity contribution >= 4 is 11.9 Å². The summed E-state index contributed by atoms with van der Waals surface area (Å²) in [4.78, 5) is 20.7. The molecule has 0 radical (unpaired) electrons. The number of ether oxygens (including phenoxy) is 2. The Morgan fingerprint density at radius 2 is 0.955 bits per heavy atom. The van der Waals surface area contributed by atoms with E-state index in [9.17, 15) is 9.59 Å². The monoisotopic (exact) mass is 310 g/mol. The second kappa shape index (κ2) is 10.8. The van der Waals surface area contributed by atoms with E-state index >= 15 is 0 Å². The van der Waals surface area contributed by atoms with Gasteiger partial charge in [-0.1, -0.05) is 0 Å². The number of carboxylic acid groups (broad SMARTS) is 2. The van der Waals surface area contributed by atoms with E-state index in [0.717, 1.165) is 26.4 Å². The average Bonchev–Trinajstić information content (AvgIpc) is 3.25. The van der Waals surface area contributed by atoms with Gasteiger partial charge in [-0.05, 0) is 49.9 Å². The molecule has 1 aromatic carbocycles. The Morgan fingerprint density at radius 1 is 0.682 bits per heavy atom. The Kier molecular flexibility index (Phi) is 8.86. The Morgan fingerprint density at radius 3 is 1.09 bits per heavy atom. The summed E-state index contributed by atoms with van der Waals surface area (Å²) in [7, 11) is 0. The first-order chi connectivity index (χ1) is 10.6. The number of benzene rings is 1. The van der Waals surface area contributed by atoms with Crippen LogP contribution in [0.1, 0.15) is 46.4 Å². The molecule has 0 aromatic heterocycles. The van der Waals surface area contributed by atoms with Crippen LogP contribution in [0.4, 0.5) is 0 Å². The molecule has 6 heteroatoms. The summed E-state index contributed by atoms with van der Waals surface area (Å²) in [6.45, 7) is 4.00. The van der Waals surface area contributed by atoms with Crippen LogP contribution in [0, 0.1) is 0 Å². The standard InChI is InChI=1S/C8H6O4.2C4H8O/c9-7(10)5-1-2-6(4-3-5)8(11)12;2*1-2-4-5-3-1/h1-4H,(H,9,10)(H,11,12);2*1-4H2. The fourth-order valence-electron chi connectivity index (χ4n) is 1.78. The van der Waals surface area contributed by atoms with Crippen LogP contribution in [-0.2, 0) is 9.47 Å². The summed E-state index contributed by atoms with van der Waals surface area (Å²) in [6.07, 6.45) is 5.11. The number of hydrogen-bond acceptors (Lipinski definition) is 4. The third kappa shape index (κ3) is 7.75. The highest BCUT2D eigenvalue weighted by Crippen LogP contribution is 2.03. The smallest absolute Gasteiger partial charge is 0.335 e. The van der Waals surface area contributed by atoms with Crippen LogP contribution in [0.25, 0.3) is 0 Å². The molecule has 6 nitrogen and oxygen atoms in total. The van der Waals surface area contributed by atoms with Gasteiger partial charge in [-0.25, -0.2) is 9.59 Å². The van der Waals surface area contributed by atoms with Crippen molar-refractivity contribution in [3.05, 3.63) is 35.4 Å². The van der Waals surface area contributed by atoms with Crippen LogP contribution < -0.4 is 0 Å². The maximum atomic E-state index is 10.3. The number of carbonyl (C=O) groups is 2. The molecule has 2 fully saturated rings. The number of hydrogen-bond donors (Lipinski definition) is 2. The van der Waals surface area contributed by atoms with Gasteiger partial charge in [-0.15, -0.1) is 0 Å². The van der Waals surface area contributed by atoms with Crippen molar-refractivity contribution in [3.8, 4) is 0 Å². The normalized spacial score (nSPS) is 16.0. The highest BCUT2D eigenvalue weighted by Gasteiger charge is 2.04. The third-order valence-electron chi connectivity index (χ3n) is 3.03. The molecule has 22 heavy (non-hydrogen) atoms. The Balaban J connectivity index is 0.000000197. The average molecular weight is 310 g/mol. The van der Waals surface area contributed by atoms with Crippen molar-refractivity contribution in [2.75, 3.05) is 26.4 Å². The maximum Gasteiger partial charge on any atom is 0.335 e. The van der Waals surface area contributed by atoms with E-state index in [2.05, 4.69) is 0 Å². The lowest BCUT2D eigenvalue weighted by atomic mass is 10.1. The van der Waals surface area contributed by atoms with Crippen LogP contribution in [0.15, 0.2) is 24.3 Å². The summed E-state index contributed by atoms with van der Waals surface area (Å²) in [5.41, 5.74) is 0.167. The molecule has 0 spiro atoms. The lowest BCUT2D eigenvalue weighted by Gasteiger charge is -1.94. The lowest BCUT2D eigenvalue weighted by molar-refractivity contribution is 0.0681. The predicted octanol–water partition coefficient (Wildman–Crippen LogP) is 2.68. The fraction of sp³-hybridized carbons (Fsp3) is 0.500. The minimum atomic E-state index is -1.06. The van der Waals surface area contributed by atoms with Gasteiger partial charge in [0.15, 0.2) is 0 Å². The minimum absolute atomic E-state index is 0.0833. The first kappa shape index (κ1) is 18.1. The number of rotatable bonds is 2. The summed E-state index contributed by atoms with van der Waals surface area (Å²) in [5, 5.41) is 16.9. The van der Waals surface area contributed by atoms with Crippen molar-refractivity contribution < 1.29 is 29.3 Å². The van der Waals surface area contributed by atoms with E-state index in [1.807, 2.05) is 0 Å². The van der Waals surface area contributed by atoms with Gasteiger partial charge in [0.25, 0.3) is 0 Å². The summed E-state index contributed by atoms with van der Waals surface area (Å²) >= 11 is 0. The van der Waals surface area contributed by atoms with Crippen molar-refractivity contribution in [3.63, 3.8) is 0 Å². The summed E-state index contributed by atoms with van der Waals surface area (Å²) < 4.78 is 9.89. The first-order valence-electron chi connectivity index (χ1n) is 7.33. The second-order valence-electron chi connectivity index (χ2n) is 4.83. The lowest BCUT2D eigenvalue weighted by Crippen LogP contribution is -1.99. The molecule has 2 aliphatic rings. The molecule has 0 saturated carbocycles. The molecule has 0 amide bonds. The van der Waals surface area contributed by atoms with Gasteiger partial charge < -0.3 is 19.7 Å².